The summed E-state index contributed by atoms with van der Waals surface area (Å²) in [5.74, 6) is -0.410. The quantitative estimate of drug-likeness (QED) is 0.283. The Kier molecular flexibility index (Phi) is 4.08. The fraction of sp³-hybridized carbons (Fsp3) is 0.0667. The molecule has 0 bridgehead atoms. The maximum absolute atomic E-state index is 11.9. The monoisotopic (exact) mass is 285 g/mol. The molecule has 0 spiro atoms. The Bertz CT molecular complexity index is 689. The first kappa shape index (κ1) is 14.4. The third kappa shape index (κ3) is 3.50. The molecule has 106 valence electrons. The number of hydrogen-bond acceptors (Lipinski definition) is 5. The van der Waals surface area contributed by atoms with Gasteiger partial charge in [0.2, 0.25) is 0 Å². The van der Waals surface area contributed by atoms with Crippen LogP contribution < -0.4 is 4.74 Å². The standard InChI is InChI=1S/C15H11NO5/c1-10(17)11-4-8-14(9-5-11)21-15(18)12-2-6-13(7-3-12)16(19)20/h2-9H,1H3. The van der Waals surface area contributed by atoms with Gasteiger partial charge in [-0.3, -0.25) is 14.9 Å². The van der Waals surface area contributed by atoms with Crippen LogP contribution in [-0.4, -0.2) is 16.7 Å². The molecule has 2 aromatic rings. The van der Waals surface area contributed by atoms with Gasteiger partial charge in [0.05, 0.1) is 10.5 Å². The number of ketones is 1. The van der Waals surface area contributed by atoms with Gasteiger partial charge in [-0.2, -0.15) is 0 Å². The summed E-state index contributed by atoms with van der Waals surface area (Å²) in [6.07, 6.45) is 0. The predicted octanol–water partition coefficient (Wildman–Crippen LogP) is 3.02. The van der Waals surface area contributed by atoms with Gasteiger partial charge < -0.3 is 4.74 Å². The minimum Gasteiger partial charge on any atom is -0.423 e. The largest absolute Gasteiger partial charge is 0.423 e. The van der Waals surface area contributed by atoms with Crippen molar-refractivity contribution in [2.45, 2.75) is 6.92 Å². The molecule has 0 fully saturated rings. The summed E-state index contributed by atoms with van der Waals surface area (Å²) in [5, 5.41) is 10.5. The minimum absolute atomic E-state index is 0.0803. The topological polar surface area (TPSA) is 86.5 Å². The molecule has 2 aromatic carbocycles. The lowest BCUT2D eigenvalue weighted by atomic mass is 10.1. The van der Waals surface area contributed by atoms with Crippen molar-refractivity contribution in [1.82, 2.24) is 0 Å². The summed E-state index contributed by atoms with van der Waals surface area (Å²) in [5.41, 5.74) is 0.624. The Balaban J connectivity index is 2.10. The van der Waals surface area contributed by atoms with Crippen LogP contribution in [-0.2, 0) is 0 Å². The predicted molar refractivity (Wildman–Crippen MR) is 74.5 cm³/mol. The second-order valence-electron chi connectivity index (χ2n) is 4.27. The van der Waals surface area contributed by atoms with Gasteiger partial charge in [0.25, 0.3) is 5.69 Å². The summed E-state index contributed by atoms with van der Waals surface area (Å²) in [6.45, 7) is 1.44. The van der Waals surface area contributed by atoms with E-state index in [9.17, 15) is 19.7 Å². The van der Waals surface area contributed by atoms with E-state index in [1.165, 1.54) is 43.3 Å². The van der Waals surface area contributed by atoms with Crippen LogP contribution in [0.5, 0.6) is 5.75 Å². The van der Waals surface area contributed by atoms with Crippen LogP contribution in [0.1, 0.15) is 27.6 Å². The number of non-ortho nitro benzene ring substituents is 1. The number of nitro benzene ring substituents is 1. The molecule has 0 saturated heterocycles. The van der Waals surface area contributed by atoms with E-state index in [1.54, 1.807) is 12.1 Å². The van der Waals surface area contributed by atoms with Crippen molar-refractivity contribution < 1.29 is 19.2 Å². The van der Waals surface area contributed by atoms with Gasteiger partial charge in [-0.1, -0.05) is 0 Å². The van der Waals surface area contributed by atoms with E-state index in [-0.39, 0.29) is 17.0 Å². The van der Waals surface area contributed by atoms with Gasteiger partial charge in [0, 0.05) is 17.7 Å². The highest BCUT2D eigenvalue weighted by molar-refractivity contribution is 5.94. The van der Waals surface area contributed by atoms with E-state index < -0.39 is 10.9 Å². The van der Waals surface area contributed by atoms with E-state index in [4.69, 9.17) is 4.74 Å². The van der Waals surface area contributed by atoms with Gasteiger partial charge in [-0.15, -0.1) is 0 Å². The summed E-state index contributed by atoms with van der Waals surface area (Å²) >= 11 is 0. The van der Waals surface area contributed by atoms with Crippen LogP contribution in [0.4, 0.5) is 5.69 Å². The molecule has 0 radical (unpaired) electrons. The van der Waals surface area contributed by atoms with Crippen molar-refractivity contribution in [2.75, 3.05) is 0 Å². The molecule has 0 atom stereocenters. The molecular formula is C15H11NO5. The zero-order valence-electron chi connectivity index (χ0n) is 11.1. The maximum atomic E-state index is 11.9. The lowest BCUT2D eigenvalue weighted by Crippen LogP contribution is -2.08. The smallest absolute Gasteiger partial charge is 0.343 e. The molecule has 0 aliphatic heterocycles. The third-order valence-electron chi connectivity index (χ3n) is 2.79. The van der Waals surface area contributed by atoms with Crippen molar-refractivity contribution >= 4 is 17.4 Å². The van der Waals surface area contributed by atoms with Crippen molar-refractivity contribution in [3.05, 3.63) is 69.8 Å². The lowest BCUT2D eigenvalue weighted by molar-refractivity contribution is -0.384. The van der Waals surface area contributed by atoms with Crippen LogP contribution in [0.2, 0.25) is 0 Å². The summed E-state index contributed by atoms with van der Waals surface area (Å²) in [6, 6.07) is 11.3. The summed E-state index contributed by atoms with van der Waals surface area (Å²) < 4.78 is 5.12. The number of nitrogens with zero attached hydrogens (tertiary/aromatic N) is 1. The average molecular weight is 285 g/mol. The molecule has 0 aliphatic carbocycles. The van der Waals surface area contributed by atoms with Crippen molar-refractivity contribution in [3.8, 4) is 5.75 Å². The van der Waals surface area contributed by atoms with Crippen LogP contribution >= 0.6 is 0 Å². The number of hydrogen-bond donors (Lipinski definition) is 0. The number of nitro groups is 1. The molecule has 6 heteroatoms. The first-order chi connectivity index (χ1) is 9.97. The molecule has 0 saturated carbocycles. The van der Waals surface area contributed by atoms with E-state index in [0.717, 1.165) is 0 Å². The van der Waals surface area contributed by atoms with Gasteiger partial charge in [-0.05, 0) is 43.3 Å². The van der Waals surface area contributed by atoms with Crippen LogP contribution in [0, 0.1) is 10.1 Å². The number of ether oxygens (including phenoxy) is 1. The second-order valence-corrected chi connectivity index (χ2v) is 4.27. The molecule has 0 aliphatic rings. The molecule has 21 heavy (non-hydrogen) atoms. The van der Waals surface area contributed by atoms with Gasteiger partial charge >= 0.3 is 5.97 Å². The zero-order valence-corrected chi connectivity index (χ0v) is 11.1. The van der Waals surface area contributed by atoms with Gasteiger partial charge in [0.15, 0.2) is 5.78 Å². The van der Waals surface area contributed by atoms with Crippen molar-refractivity contribution in [1.29, 1.82) is 0 Å². The number of carbonyl (C=O) groups excluding carboxylic acids is 2. The lowest BCUT2D eigenvalue weighted by Gasteiger charge is -2.04. The number of benzene rings is 2. The van der Waals surface area contributed by atoms with Crippen molar-refractivity contribution in [2.24, 2.45) is 0 Å². The highest BCUT2D eigenvalue weighted by Gasteiger charge is 2.11. The molecule has 0 unspecified atom stereocenters. The van der Waals surface area contributed by atoms with Crippen molar-refractivity contribution in [3.63, 3.8) is 0 Å². The van der Waals surface area contributed by atoms with E-state index >= 15 is 0 Å². The Morgan fingerprint density at radius 3 is 1.95 bits per heavy atom. The first-order valence-electron chi connectivity index (χ1n) is 6.05. The number of esters is 1. The number of rotatable bonds is 4. The number of Topliss-reactive ketones (excluding diaryl/α,β-unsaturated/α-hetero) is 1. The average Bonchev–Trinajstić information content (AvgIpc) is 2.47. The molecule has 6 nitrogen and oxygen atoms in total. The van der Waals surface area contributed by atoms with E-state index in [1.807, 2.05) is 0 Å². The Labute approximate surface area is 120 Å². The molecule has 0 aromatic heterocycles. The fourth-order valence-electron chi connectivity index (χ4n) is 1.64. The highest BCUT2D eigenvalue weighted by Crippen LogP contribution is 2.16. The molecule has 2 rings (SSSR count). The van der Waals surface area contributed by atoms with Gasteiger partial charge in [-0.25, -0.2) is 4.79 Å². The normalized spacial score (nSPS) is 9.95. The summed E-state index contributed by atoms with van der Waals surface area (Å²) in [7, 11) is 0. The summed E-state index contributed by atoms with van der Waals surface area (Å²) in [4.78, 5) is 33.0. The first-order valence-corrected chi connectivity index (χ1v) is 6.05. The van der Waals surface area contributed by atoms with Crippen LogP contribution in [0.15, 0.2) is 48.5 Å². The van der Waals surface area contributed by atoms with Crippen LogP contribution in [0.3, 0.4) is 0 Å². The second kappa shape index (κ2) is 5.96. The minimum atomic E-state index is -0.625. The fourth-order valence-corrected chi connectivity index (χ4v) is 1.64. The highest BCUT2D eigenvalue weighted by atomic mass is 16.6. The Hall–Kier alpha value is -3.02. The van der Waals surface area contributed by atoms with Gasteiger partial charge in [0.1, 0.15) is 5.75 Å². The van der Waals surface area contributed by atoms with E-state index in [0.29, 0.717) is 11.3 Å². The Morgan fingerprint density at radius 1 is 0.952 bits per heavy atom. The SMILES string of the molecule is CC(=O)c1ccc(OC(=O)c2ccc([N+](=O)[O-])cc2)cc1. The number of carbonyl (C=O) groups is 2. The van der Waals surface area contributed by atoms with Crippen LogP contribution in [0.25, 0.3) is 0 Å². The zero-order chi connectivity index (χ0) is 15.4. The molecule has 0 amide bonds. The third-order valence-corrected chi connectivity index (χ3v) is 2.79. The van der Waals surface area contributed by atoms with E-state index in [2.05, 4.69) is 0 Å². The molecular weight excluding hydrogens is 274 g/mol. The Morgan fingerprint density at radius 2 is 1.48 bits per heavy atom. The molecule has 0 N–H and O–H groups in total. The maximum Gasteiger partial charge on any atom is 0.343 e. The molecule has 0 heterocycles.